The summed E-state index contributed by atoms with van der Waals surface area (Å²) in [7, 11) is 0. The fourth-order valence-corrected chi connectivity index (χ4v) is 1.94. The number of rotatable bonds is 2. The maximum atomic E-state index is 5.98. The predicted octanol–water partition coefficient (Wildman–Crippen LogP) is 3.12. The highest BCUT2D eigenvalue weighted by atomic mass is 15.3. The lowest BCUT2D eigenvalue weighted by Crippen LogP contribution is -1.95. The topological polar surface area (TPSA) is 43.8 Å². The summed E-state index contributed by atoms with van der Waals surface area (Å²) in [5.74, 6) is 0.546. The fraction of sp³-hybridized carbons (Fsp3) is 0. The Balaban J connectivity index is 2.07. The Kier molecular flexibility index (Phi) is 2.57. The average Bonchev–Trinajstić information content (AvgIpc) is 2.83. The van der Waals surface area contributed by atoms with Crippen molar-refractivity contribution in [2.45, 2.75) is 0 Å². The number of benzene rings is 2. The lowest BCUT2D eigenvalue weighted by atomic mass is 10.1. The molecule has 3 rings (SSSR count). The molecular weight excluding hydrogens is 222 g/mol. The third-order valence-corrected chi connectivity index (χ3v) is 2.85. The summed E-state index contributed by atoms with van der Waals surface area (Å²) in [4.78, 5) is 0. The highest BCUT2D eigenvalue weighted by molar-refractivity contribution is 5.73. The van der Waals surface area contributed by atoms with Gasteiger partial charge in [-0.05, 0) is 17.7 Å². The van der Waals surface area contributed by atoms with Gasteiger partial charge < -0.3 is 5.73 Å². The van der Waals surface area contributed by atoms with Gasteiger partial charge in [0.15, 0.2) is 5.82 Å². The van der Waals surface area contributed by atoms with Crippen molar-refractivity contribution in [3.05, 3.63) is 66.9 Å². The molecular formula is C15H13N3. The van der Waals surface area contributed by atoms with Gasteiger partial charge in [0, 0.05) is 11.8 Å². The molecule has 3 nitrogen and oxygen atoms in total. The molecule has 1 heterocycles. The van der Waals surface area contributed by atoms with E-state index in [0.717, 1.165) is 16.8 Å². The summed E-state index contributed by atoms with van der Waals surface area (Å²) in [5.41, 5.74) is 9.02. The molecule has 1 aromatic heterocycles. The van der Waals surface area contributed by atoms with Crippen LogP contribution in [0, 0.1) is 0 Å². The van der Waals surface area contributed by atoms with Gasteiger partial charge in [-0.2, -0.15) is 5.10 Å². The standard InChI is InChI=1S/C15H13N3/c16-15-14(12-7-3-1-4-8-12)11-18(17-15)13-9-5-2-6-10-13/h1-11H,(H2,16,17). The number of hydrogen-bond donors (Lipinski definition) is 1. The van der Waals surface area contributed by atoms with Gasteiger partial charge >= 0.3 is 0 Å². The second-order valence-corrected chi connectivity index (χ2v) is 4.07. The van der Waals surface area contributed by atoms with Gasteiger partial charge in [-0.3, -0.25) is 0 Å². The first-order valence-electron chi connectivity index (χ1n) is 5.80. The molecule has 0 radical (unpaired) electrons. The van der Waals surface area contributed by atoms with Crippen molar-refractivity contribution in [1.82, 2.24) is 9.78 Å². The van der Waals surface area contributed by atoms with Gasteiger partial charge in [0.1, 0.15) is 0 Å². The Morgan fingerprint density at radius 3 is 2.11 bits per heavy atom. The van der Waals surface area contributed by atoms with Crippen LogP contribution in [0.4, 0.5) is 5.82 Å². The first-order valence-corrected chi connectivity index (χ1v) is 5.80. The molecule has 0 fully saturated rings. The normalized spacial score (nSPS) is 10.4. The highest BCUT2D eigenvalue weighted by Crippen LogP contribution is 2.25. The van der Waals surface area contributed by atoms with Crippen molar-refractivity contribution >= 4 is 5.82 Å². The molecule has 0 aliphatic rings. The van der Waals surface area contributed by atoms with Crippen molar-refractivity contribution in [1.29, 1.82) is 0 Å². The monoisotopic (exact) mass is 235 g/mol. The quantitative estimate of drug-likeness (QED) is 0.741. The molecule has 88 valence electrons. The Labute approximate surface area is 105 Å². The van der Waals surface area contributed by atoms with E-state index in [1.807, 2.05) is 66.9 Å². The van der Waals surface area contributed by atoms with Crippen molar-refractivity contribution in [2.75, 3.05) is 5.73 Å². The molecule has 0 atom stereocenters. The van der Waals surface area contributed by atoms with Gasteiger partial charge in [-0.25, -0.2) is 4.68 Å². The highest BCUT2D eigenvalue weighted by Gasteiger charge is 2.08. The van der Waals surface area contributed by atoms with Gasteiger partial charge in [0.05, 0.1) is 5.69 Å². The summed E-state index contributed by atoms with van der Waals surface area (Å²) in [5, 5.41) is 4.35. The van der Waals surface area contributed by atoms with Crippen LogP contribution >= 0.6 is 0 Å². The van der Waals surface area contributed by atoms with Gasteiger partial charge in [0.25, 0.3) is 0 Å². The van der Waals surface area contributed by atoms with E-state index in [1.165, 1.54) is 0 Å². The molecule has 0 aliphatic heterocycles. The van der Waals surface area contributed by atoms with E-state index in [1.54, 1.807) is 4.68 Å². The maximum absolute atomic E-state index is 5.98. The van der Waals surface area contributed by atoms with Crippen LogP contribution in [-0.2, 0) is 0 Å². The van der Waals surface area contributed by atoms with E-state index in [9.17, 15) is 0 Å². The molecule has 0 saturated heterocycles. The van der Waals surface area contributed by atoms with Crippen molar-refractivity contribution in [2.24, 2.45) is 0 Å². The Hall–Kier alpha value is -2.55. The second kappa shape index (κ2) is 4.37. The van der Waals surface area contributed by atoms with Gasteiger partial charge in [0.2, 0.25) is 0 Å². The number of hydrogen-bond acceptors (Lipinski definition) is 2. The van der Waals surface area contributed by atoms with Crippen molar-refractivity contribution in [3.63, 3.8) is 0 Å². The van der Waals surface area contributed by atoms with Crippen molar-refractivity contribution in [3.8, 4) is 16.8 Å². The predicted molar refractivity (Wildman–Crippen MR) is 73.4 cm³/mol. The van der Waals surface area contributed by atoms with E-state index in [-0.39, 0.29) is 0 Å². The van der Waals surface area contributed by atoms with E-state index in [4.69, 9.17) is 5.73 Å². The summed E-state index contributed by atoms with van der Waals surface area (Å²) in [6.07, 6.45) is 1.96. The first kappa shape index (κ1) is 10.6. The largest absolute Gasteiger partial charge is 0.382 e. The third-order valence-electron chi connectivity index (χ3n) is 2.85. The number of nitrogens with zero attached hydrogens (tertiary/aromatic N) is 2. The van der Waals surface area contributed by atoms with Crippen LogP contribution in [-0.4, -0.2) is 9.78 Å². The molecule has 0 saturated carbocycles. The number of aromatic nitrogens is 2. The average molecular weight is 235 g/mol. The molecule has 0 bridgehead atoms. The van der Waals surface area contributed by atoms with Crippen LogP contribution in [0.1, 0.15) is 0 Å². The smallest absolute Gasteiger partial charge is 0.153 e. The number of para-hydroxylation sites is 1. The third kappa shape index (κ3) is 1.86. The summed E-state index contributed by atoms with van der Waals surface area (Å²) in [6, 6.07) is 20.0. The summed E-state index contributed by atoms with van der Waals surface area (Å²) >= 11 is 0. The fourth-order valence-electron chi connectivity index (χ4n) is 1.94. The minimum Gasteiger partial charge on any atom is -0.382 e. The number of nitrogen functional groups attached to an aromatic ring is 1. The molecule has 0 unspecified atom stereocenters. The van der Waals surface area contributed by atoms with E-state index in [0.29, 0.717) is 5.82 Å². The van der Waals surface area contributed by atoms with Crippen LogP contribution < -0.4 is 5.73 Å². The molecule has 2 aromatic carbocycles. The van der Waals surface area contributed by atoms with E-state index < -0.39 is 0 Å². The van der Waals surface area contributed by atoms with Crippen LogP contribution in [0.3, 0.4) is 0 Å². The number of anilines is 1. The minimum absolute atomic E-state index is 0.546. The summed E-state index contributed by atoms with van der Waals surface area (Å²) < 4.78 is 1.80. The molecule has 0 aliphatic carbocycles. The van der Waals surface area contributed by atoms with Gasteiger partial charge in [-0.1, -0.05) is 48.5 Å². The first-order chi connectivity index (χ1) is 8.84. The Morgan fingerprint density at radius 2 is 1.44 bits per heavy atom. The SMILES string of the molecule is Nc1nn(-c2ccccc2)cc1-c1ccccc1. The van der Waals surface area contributed by atoms with Crippen LogP contribution in [0.25, 0.3) is 16.8 Å². The molecule has 3 heteroatoms. The summed E-state index contributed by atoms with van der Waals surface area (Å²) in [6.45, 7) is 0. The Bertz CT molecular complexity index is 642. The van der Waals surface area contributed by atoms with Crippen LogP contribution in [0.5, 0.6) is 0 Å². The number of nitrogens with two attached hydrogens (primary N) is 1. The van der Waals surface area contributed by atoms with E-state index in [2.05, 4.69) is 5.10 Å². The lowest BCUT2D eigenvalue weighted by Gasteiger charge is -1.99. The minimum atomic E-state index is 0.546. The molecule has 0 spiro atoms. The Morgan fingerprint density at radius 1 is 0.833 bits per heavy atom. The van der Waals surface area contributed by atoms with Crippen molar-refractivity contribution < 1.29 is 0 Å². The van der Waals surface area contributed by atoms with Crippen LogP contribution in [0.15, 0.2) is 66.9 Å². The lowest BCUT2D eigenvalue weighted by molar-refractivity contribution is 0.886. The van der Waals surface area contributed by atoms with E-state index >= 15 is 0 Å². The molecule has 2 N–H and O–H groups in total. The molecule has 0 amide bonds. The van der Waals surface area contributed by atoms with Gasteiger partial charge in [-0.15, -0.1) is 0 Å². The molecule has 18 heavy (non-hydrogen) atoms. The zero-order valence-corrected chi connectivity index (χ0v) is 9.82. The second-order valence-electron chi connectivity index (χ2n) is 4.07. The zero-order chi connectivity index (χ0) is 12.4. The zero-order valence-electron chi connectivity index (χ0n) is 9.82. The molecule has 3 aromatic rings. The maximum Gasteiger partial charge on any atom is 0.153 e. The van der Waals surface area contributed by atoms with Crippen LogP contribution in [0.2, 0.25) is 0 Å².